The van der Waals surface area contributed by atoms with Crippen LogP contribution in [-0.2, 0) is 12.3 Å². The first-order valence-electron chi connectivity index (χ1n) is 6.98. The Labute approximate surface area is 125 Å². The third kappa shape index (κ3) is 4.62. The summed E-state index contributed by atoms with van der Waals surface area (Å²) in [6, 6.07) is 8.40. The number of hydrogen-bond acceptors (Lipinski definition) is 4. The Morgan fingerprint density at radius 1 is 1.15 bits per heavy atom. The van der Waals surface area contributed by atoms with E-state index in [1.165, 1.54) is 10.5 Å². The molecule has 0 fully saturated rings. The fourth-order valence-corrected chi connectivity index (χ4v) is 2.72. The monoisotopic (exact) mass is 287 g/mol. The summed E-state index contributed by atoms with van der Waals surface area (Å²) in [5.74, 6) is 1.70. The van der Waals surface area contributed by atoms with Crippen molar-refractivity contribution >= 4 is 11.8 Å². The van der Waals surface area contributed by atoms with E-state index in [9.17, 15) is 0 Å². The number of aromatic nitrogens is 2. The van der Waals surface area contributed by atoms with Crippen LogP contribution in [0.15, 0.2) is 41.6 Å². The highest BCUT2D eigenvalue weighted by Crippen LogP contribution is 2.24. The lowest BCUT2D eigenvalue weighted by Gasteiger charge is -2.05. The second-order valence-corrected chi connectivity index (χ2v) is 5.76. The van der Waals surface area contributed by atoms with Gasteiger partial charge in [-0.05, 0) is 31.5 Å². The molecule has 4 heteroatoms. The Hall–Kier alpha value is -1.39. The zero-order chi connectivity index (χ0) is 14.2. The van der Waals surface area contributed by atoms with Gasteiger partial charge in [-0.1, -0.05) is 25.1 Å². The van der Waals surface area contributed by atoms with Gasteiger partial charge in [0.2, 0.25) is 0 Å². The van der Waals surface area contributed by atoms with Gasteiger partial charge >= 0.3 is 0 Å². The minimum absolute atomic E-state index is 0.813. The molecular formula is C16H21N3S. The molecule has 0 bridgehead atoms. The van der Waals surface area contributed by atoms with Gasteiger partial charge in [-0.2, -0.15) is 0 Å². The van der Waals surface area contributed by atoms with Crippen molar-refractivity contribution in [3.8, 4) is 0 Å². The van der Waals surface area contributed by atoms with E-state index in [4.69, 9.17) is 0 Å². The quantitative estimate of drug-likeness (QED) is 0.624. The van der Waals surface area contributed by atoms with Gasteiger partial charge in [-0.3, -0.25) is 0 Å². The minimum atomic E-state index is 0.813. The van der Waals surface area contributed by atoms with Crippen LogP contribution in [0, 0.1) is 6.92 Å². The van der Waals surface area contributed by atoms with Gasteiger partial charge < -0.3 is 5.32 Å². The van der Waals surface area contributed by atoms with Crippen molar-refractivity contribution < 1.29 is 0 Å². The van der Waals surface area contributed by atoms with Crippen LogP contribution in [0.25, 0.3) is 0 Å². The smallest absolute Gasteiger partial charge is 0.138 e. The second-order valence-electron chi connectivity index (χ2n) is 4.74. The van der Waals surface area contributed by atoms with E-state index in [2.05, 4.69) is 53.4 Å². The first kappa shape index (κ1) is 15.0. The first-order chi connectivity index (χ1) is 9.79. The highest BCUT2D eigenvalue weighted by molar-refractivity contribution is 7.98. The van der Waals surface area contributed by atoms with E-state index >= 15 is 0 Å². The summed E-state index contributed by atoms with van der Waals surface area (Å²) >= 11 is 1.79. The van der Waals surface area contributed by atoms with Gasteiger partial charge in [0.25, 0.3) is 0 Å². The largest absolute Gasteiger partial charge is 0.313 e. The molecule has 0 radical (unpaired) electrons. The summed E-state index contributed by atoms with van der Waals surface area (Å²) in [7, 11) is 0. The molecule has 1 aromatic carbocycles. The molecule has 0 spiro atoms. The zero-order valence-corrected chi connectivity index (χ0v) is 12.9. The van der Waals surface area contributed by atoms with E-state index in [0.717, 1.165) is 36.7 Å². The third-order valence-corrected chi connectivity index (χ3v) is 4.14. The van der Waals surface area contributed by atoms with Crippen LogP contribution in [0.2, 0.25) is 0 Å². The van der Waals surface area contributed by atoms with Gasteiger partial charge in [0, 0.05) is 29.4 Å². The van der Waals surface area contributed by atoms with E-state index < -0.39 is 0 Å². The molecule has 2 rings (SSSR count). The van der Waals surface area contributed by atoms with Crippen LogP contribution in [0.5, 0.6) is 0 Å². The number of nitrogens with zero attached hydrogens (tertiary/aromatic N) is 2. The average molecular weight is 287 g/mol. The van der Waals surface area contributed by atoms with Crippen molar-refractivity contribution in [2.24, 2.45) is 0 Å². The molecule has 0 atom stereocenters. The first-order valence-corrected chi connectivity index (χ1v) is 7.97. The normalized spacial score (nSPS) is 10.7. The molecule has 0 saturated heterocycles. The standard InChI is InChI=1S/C16H21N3S/c1-3-8-17-9-14-10-18-16(19-11-14)12-20-15-7-5-4-6-13(15)2/h4-7,10-11,17H,3,8-9,12H2,1-2H3. The van der Waals surface area contributed by atoms with Gasteiger partial charge in [0.15, 0.2) is 0 Å². The molecule has 0 aliphatic heterocycles. The predicted molar refractivity (Wildman–Crippen MR) is 84.8 cm³/mol. The highest BCUT2D eigenvalue weighted by Gasteiger charge is 2.02. The molecule has 3 nitrogen and oxygen atoms in total. The van der Waals surface area contributed by atoms with Crippen molar-refractivity contribution in [1.29, 1.82) is 0 Å². The Kier molecular flexibility index (Phi) is 6.02. The van der Waals surface area contributed by atoms with Crippen molar-refractivity contribution in [1.82, 2.24) is 15.3 Å². The van der Waals surface area contributed by atoms with Crippen molar-refractivity contribution in [3.05, 3.63) is 53.6 Å². The number of benzene rings is 1. The van der Waals surface area contributed by atoms with Crippen LogP contribution < -0.4 is 5.32 Å². The van der Waals surface area contributed by atoms with Crippen LogP contribution in [0.3, 0.4) is 0 Å². The summed E-state index contributed by atoms with van der Waals surface area (Å²) in [6.07, 6.45) is 4.98. The Bertz CT molecular complexity index is 526. The number of rotatable bonds is 7. The summed E-state index contributed by atoms with van der Waals surface area (Å²) < 4.78 is 0. The van der Waals surface area contributed by atoms with E-state index in [1.54, 1.807) is 11.8 Å². The van der Waals surface area contributed by atoms with Crippen LogP contribution >= 0.6 is 11.8 Å². The molecule has 0 aliphatic carbocycles. The van der Waals surface area contributed by atoms with Crippen molar-refractivity contribution in [2.75, 3.05) is 6.54 Å². The summed E-state index contributed by atoms with van der Waals surface area (Å²) in [5, 5.41) is 3.35. The fraction of sp³-hybridized carbons (Fsp3) is 0.375. The molecule has 1 heterocycles. The number of nitrogens with one attached hydrogen (secondary N) is 1. The van der Waals surface area contributed by atoms with Gasteiger partial charge in [0.05, 0.1) is 5.75 Å². The van der Waals surface area contributed by atoms with Crippen LogP contribution in [0.4, 0.5) is 0 Å². The van der Waals surface area contributed by atoms with Crippen LogP contribution in [-0.4, -0.2) is 16.5 Å². The molecule has 2 aromatic rings. The third-order valence-electron chi connectivity index (χ3n) is 2.97. The molecule has 0 unspecified atom stereocenters. The van der Waals surface area contributed by atoms with E-state index in [1.807, 2.05) is 12.4 Å². The molecule has 0 saturated carbocycles. The molecular weight excluding hydrogens is 266 g/mol. The number of aryl methyl sites for hydroxylation is 1. The topological polar surface area (TPSA) is 37.8 Å². The van der Waals surface area contributed by atoms with Gasteiger partial charge in [-0.25, -0.2) is 9.97 Å². The average Bonchev–Trinajstić information content (AvgIpc) is 2.48. The molecule has 1 N–H and O–H groups in total. The Morgan fingerprint density at radius 2 is 1.90 bits per heavy atom. The summed E-state index contributed by atoms with van der Waals surface area (Å²) in [4.78, 5) is 10.2. The lowest BCUT2D eigenvalue weighted by Crippen LogP contribution is -2.14. The van der Waals surface area contributed by atoms with Crippen LogP contribution in [0.1, 0.15) is 30.3 Å². The maximum Gasteiger partial charge on any atom is 0.138 e. The fourth-order valence-electron chi connectivity index (χ4n) is 1.82. The minimum Gasteiger partial charge on any atom is -0.313 e. The van der Waals surface area contributed by atoms with E-state index in [0.29, 0.717) is 0 Å². The lowest BCUT2D eigenvalue weighted by molar-refractivity contribution is 0.671. The highest BCUT2D eigenvalue weighted by atomic mass is 32.2. The molecule has 1 aromatic heterocycles. The molecule has 0 amide bonds. The summed E-state index contributed by atoms with van der Waals surface area (Å²) in [6.45, 7) is 6.17. The summed E-state index contributed by atoms with van der Waals surface area (Å²) in [5.41, 5.74) is 2.45. The Morgan fingerprint density at radius 3 is 2.60 bits per heavy atom. The molecule has 0 aliphatic rings. The molecule has 106 valence electrons. The zero-order valence-electron chi connectivity index (χ0n) is 12.1. The maximum absolute atomic E-state index is 4.43. The van der Waals surface area contributed by atoms with E-state index in [-0.39, 0.29) is 0 Å². The van der Waals surface area contributed by atoms with Crippen molar-refractivity contribution in [3.63, 3.8) is 0 Å². The van der Waals surface area contributed by atoms with Gasteiger partial charge in [-0.15, -0.1) is 11.8 Å². The number of thioether (sulfide) groups is 1. The lowest BCUT2D eigenvalue weighted by atomic mass is 10.2. The van der Waals surface area contributed by atoms with Gasteiger partial charge in [0.1, 0.15) is 5.82 Å². The number of hydrogen-bond donors (Lipinski definition) is 1. The Balaban J connectivity index is 1.86. The van der Waals surface area contributed by atoms with Crippen molar-refractivity contribution in [2.45, 2.75) is 37.5 Å². The SMILES string of the molecule is CCCNCc1cnc(CSc2ccccc2C)nc1. The maximum atomic E-state index is 4.43. The molecule has 20 heavy (non-hydrogen) atoms. The predicted octanol–water partition coefficient (Wildman–Crippen LogP) is 3.58. The second kappa shape index (κ2) is 8.02.